The first-order chi connectivity index (χ1) is 14.2. The lowest BCUT2D eigenvalue weighted by Crippen LogP contribution is -2.47. The summed E-state index contributed by atoms with van der Waals surface area (Å²) in [7, 11) is 0. The molecule has 5 heteroatoms. The zero-order valence-electron chi connectivity index (χ0n) is 19.7. The third kappa shape index (κ3) is 11.1. The van der Waals surface area contributed by atoms with Gasteiger partial charge in [-0.1, -0.05) is 45.4 Å². The molecule has 1 rings (SSSR count). The van der Waals surface area contributed by atoms with Gasteiger partial charge in [0.15, 0.2) is 0 Å². The van der Waals surface area contributed by atoms with Crippen LogP contribution in [0, 0.1) is 5.92 Å². The highest BCUT2D eigenvalue weighted by atomic mass is 16.9. The van der Waals surface area contributed by atoms with E-state index in [1.54, 1.807) is 0 Å². The summed E-state index contributed by atoms with van der Waals surface area (Å²) in [5, 5.41) is 0. The van der Waals surface area contributed by atoms with Gasteiger partial charge >= 0.3 is 0 Å². The van der Waals surface area contributed by atoms with Crippen LogP contribution in [0.4, 0.5) is 0 Å². The number of rotatable bonds is 20. The highest BCUT2D eigenvalue weighted by Crippen LogP contribution is 2.34. The standard InChI is InChI=1S/C24H48O5/c1-5-9-10-11-12-13-16-22(24(27-6-2,28-7-3)29-8-4)17-14-19-25-21-23-18-15-20-26-23/h22-23H,5-21H2,1-4H3. The lowest BCUT2D eigenvalue weighted by molar-refractivity contribution is -0.403. The topological polar surface area (TPSA) is 46.2 Å². The Balaban J connectivity index is 2.53. The molecule has 5 nitrogen and oxygen atoms in total. The van der Waals surface area contributed by atoms with E-state index >= 15 is 0 Å². The molecular formula is C24H48O5. The summed E-state index contributed by atoms with van der Waals surface area (Å²) < 4.78 is 29.8. The van der Waals surface area contributed by atoms with Crippen molar-refractivity contribution in [2.24, 2.45) is 5.92 Å². The summed E-state index contributed by atoms with van der Waals surface area (Å²) >= 11 is 0. The highest BCUT2D eigenvalue weighted by molar-refractivity contribution is 4.73. The van der Waals surface area contributed by atoms with Crippen molar-refractivity contribution in [2.75, 3.05) is 39.6 Å². The van der Waals surface area contributed by atoms with Crippen molar-refractivity contribution in [3.05, 3.63) is 0 Å². The van der Waals surface area contributed by atoms with Crippen molar-refractivity contribution in [1.29, 1.82) is 0 Å². The fourth-order valence-corrected chi connectivity index (χ4v) is 4.17. The van der Waals surface area contributed by atoms with Crippen molar-refractivity contribution in [3.63, 3.8) is 0 Å². The van der Waals surface area contributed by atoms with Crippen molar-refractivity contribution in [2.45, 2.75) is 110 Å². The largest absolute Gasteiger partial charge is 0.379 e. The molecular weight excluding hydrogens is 368 g/mol. The van der Waals surface area contributed by atoms with Crippen LogP contribution < -0.4 is 0 Å². The van der Waals surface area contributed by atoms with Crippen molar-refractivity contribution in [3.8, 4) is 0 Å². The van der Waals surface area contributed by atoms with Crippen LogP contribution in [0.25, 0.3) is 0 Å². The van der Waals surface area contributed by atoms with Crippen LogP contribution in [0.3, 0.4) is 0 Å². The second-order valence-electron chi connectivity index (χ2n) is 8.01. The van der Waals surface area contributed by atoms with Gasteiger partial charge in [0.2, 0.25) is 0 Å². The lowest BCUT2D eigenvalue weighted by atomic mass is 9.93. The summed E-state index contributed by atoms with van der Waals surface area (Å²) in [6.45, 7) is 12.4. The van der Waals surface area contributed by atoms with Crippen LogP contribution in [0.2, 0.25) is 0 Å². The SMILES string of the molecule is CCCCCCCCC(CCCOCC1CCCO1)C(OCC)(OCC)OCC. The first kappa shape index (κ1) is 26.8. The van der Waals surface area contributed by atoms with Crippen molar-refractivity contribution in [1.82, 2.24) is 0 Å². The zero-order chi connectivity index (χ0) is 21.2. The summed E-state index contributed by atoms with van der Waals surface area (Å²) in [6, 6.07) is 0. The predicted molar refractivity (Wildman–Crippen MR) is 118 cm³/mol. The van der Waals surface area contributed by atoms with Gasteiger partial charge in [-0.25, -0.2) is 0 Å². The van der Waals surface area contributed by atoms with E-state index in [-0.39, 0.29) is 5.92 Å². The minimum atomic E-state index is -0.920. The van der Waals surface area contributed by atoms with Gasteiger partial charge in [-0.05, 0) is 52.9 Å². The van der Waals surface area contributed by atoms with Crippen LogP contribution in [0.15, 0.2) is 0 Å². The van der Waals surface area contributed by atoms with E-state index in [9.17, 15) is 0 Å². The Morgan fingerprint density at radius 2 is 1.45 bits per heavy atom. The van der Waals surface area contributed by atoms with Crippen LogP contribution in [0.5, 0.6) is 0 Å². The van der Waals surface area contributed by atoms with Crippen LogP contribution in [-0.4, -0.2) is 51.7 Å². The van der Waals surface area contributed by atoms with Gasteiger partial charge in [0.25, 0.3) is 5.97 Å². The van der Waals surface area contributed by atoms with Gasteiger partial charge in [0.1, 0.15) is 0 Å². The van der Waals surface area contributed by atoms with Gasteiger partial charge in [0, 0.05) is 39.0 Å². The molecule has 2 atom stereocenters. The van der Waals surface area contributed by atoms with Crippen LogP contribution >= 0.6 is 0 Å². The smallest absolute Gasteiger partial charge is 0.285 e. The molecule has 0 bridgehead atoms. The number of ether oxygens (including phenoxy) is 5. The Morgan fingerprint density at radius 3 is 2.03 bits per heavy atom. The van der Waals surface area contributed by atoms with Gasteiger partial charge in [0.05, 0.1) is 12.7 Å². The molecule has 1 aliphatic heterocycles. The Labute approximate surface area is 180 Å². The minimum Gasteiger partial charge on any atom is -0.379 e. The Hall–Kier alpha value is -0.200. The van der Waals surface area contributed by atoms with Crippen molar-refractivity contribution >= 4 is 0 Å². The Bertz CT molecular complexity index is 340. The first-order valence-electron chi connectivity index (χ1n) is 12.3. The maximum absolute atomic E-state index is 6.10. The number of hydrogen-bond acceptors (Lipinski definition) is 5. The average Bonchev–Trinajstić information content (AvgIpc) is 3.22. The molecule has 0 aliphatic carbocycles. The van der Waals surface area contributed by atoms with E-state index < -0.39 is 5.97 Å². The summed E-state index contributed by atoms with van der Waals surface area (Å²) in [4.78, 5) is 0. The average molecular weight is 417 g/mol. The Morgan fingerprint density at radius 1 is 0.828 bits per heavy atom. The molecule has 1 saturated heterocycles. The van der Waals surface area contributed by atoms with Crippen LogP contribution in [-0.2, 0) is 23.7 Å². The second kappa shape index (κ2) is 17.5. The minimum absolute atomic E-state index is 0.222. The Kier molecular flexibility index (Phi) is 16.2. The normalized spacial score (nSPS) is 18.4. The van der Waals surface area contributed by atoms with Gasteiger partial charge in [-0.15, -0.1) is 0 Å². The summed E-state index contributed by atoms with van der Waals surface area (Å²) in [5.74, 6) is -0.698. The van der Waals surface area contributed by atoms with Crippen LogP contribution in [0.1, 0.15) is 98.3 Å². The number of hydrogen-bond donors (Lipinski definition) is 0. The van der Waals surface area contributed by atoms with E-state index in [1.165, 1.54) is 38.5 Å². The lowest BCUT2D eigenvalue weighted by Gasteiger charge is -2.39. The summed E-state index contributed by atoms with van der Waals surface area (Å²) in [5.41, 5.74) is 0. The quantitative estimate of drug-likeness (QED) is 0.177. The third-order valence-electron chi connectivity index (χ3n) is 5.61. The van der Waals surface area contributed by atoms with Crippen molar-refractivity contribution < 1.29 is 23.7 Å². The molecule has 0 spiro atoms. The molecule has 0 saturated carbocycles. The first-order valence-corrected chi connectivity index (χ1v) is 12.3. The number of unbranched alkanes of at least 4 members (excludes halogenated alkanes) is 5. The second-order valence-corrected chi connectivity index (χ2v) is 8.01. The molecule has 1 heterocycles. The molecule has 0 N–H and O–H groups in total. The van der Waals surface area contributed by atoms with Gasteiger partial charge in [-0.2, -0.15) is 0 Å². The molecule has 174 valence electrons. The molecule has 29 heavy (non-hydrogen) atoms. The molecule has 0 aromatic rings. The maximum atomic E-state index is 6.10. The fraction of sp³-hybridized carbons (Fsp3) is 1.00. The fourth-order valence-electron chi connectivity index (χ4n) is 4.17. The van der Waals surface area contributed by atoms with E-state index in [4.69, 9.17) is 23.7 Å². The monoisotopic (exact) mass is 416 g/mol. The predicted octanol–water partition coefficient (Wildman–Crippen LogP) is 6.09. The van der Waals surface area contributed by atoms with E-state index in [1.807, 2.05) is 20.8 Å². The molecule has 0 radical (unpaired) electrons. The molecule has 2 unspecified atom stereocenters. The zero-order valence-corrected chi connectivity index (χ0v) is 19.7. The molecule has 1 fully saturated rings. The van der Waals surface area contributed by atoms with Gasteiger partial charge in [-0.3, -0.25) is 0 Å². The highest BCUT2D eigenvalue weighted by Gasteiger charge is 2.41. The summed E-state index contributed by atoms with van der Waals surface area (Å²) in [6.07, 6.45) is 13.4. The van der Waals surface area contributed by atoms with E-state index in [0.717, 1.165) is 51.9 Å². The maximum Gasteiger partial charge on any atom is 0.285 e. The third-order valence-corrected chi connectivity index (χ3v) is 5.61. The van der Waals surface area contributed by atoms with Gasteiger partial charge < -0.3 is 23.7 Å². The molecule has 1 aliphatic rings. The molecule has 0 amide bonds. The van der Waals surface area contributed by atoms with E-state index in [2.05, 4.69) is 6.92 Å². The van der Waals surface area contributed by atoms with E-state index in [0.29, 0.717) is 25.9 Å². The molecule has 0 aromatic carbocycles. The molecule has 0 aromatic heterocycles.